The first-order chi connectivity index (χ1) is 9.47. The SMILES string of the molecule is CNC(c1cc(Cl)sc1Cl)c1c(C)cc(C)cc1OC. The van der Waals surface area contributed by atoms with Crippen LogP contribution >= 0.6 is 34.5 Å². The fourth-order valence-electron chi connectivity index (χ4n) is 2.48. The van der Waals surface area contributed by atoms with Crippen LogP contribution in [0.4, 0.5) is 0 Å². The Balaban J connectivity index is 2.60. The standard InChI is InChI=1S/C15H17Cl2NOS/c1-8-5-9(2)13(11(6-8)19-4)14(18-3)10-7-12(16)20-15(10)17/h5-7,14,18H,1-4H3. The molecule has 1 atom stereocenters. The van der Waals surface area contributed by atoms with E-state index in [0.29, 0.717) is 8.67 Å². The maximum absolute atomic E-state index is 6.30. The van der Waals surface area contributed by atoms with Gasteiger partial charge >= 0.3 is 0 Å². The lowest BCUT2D eigenvalue weighted by Crippen LogP contribution is -2.19. The summed E-state index contributed by atoms with van der Waals surface area (Å²) in [4.78, 5) is 0. The molecular formula is C15H17Cl2NOS. The number of thiophene rings is 1. The Morgan fingerprint density at radius 3 is 2.40 bits per heavy atom. The normalized spacial score (nSPS) is 12.5. The second-order valence-electron chi connectivity index (χ2n) is 4.70. The Morgan fingerprint density at radius 2 is 1.90 bits per heavy atom. The van der Waals surface area contributed by atoms with Crippen LogP contribution in [0.3, 0.4) is 0 Å². The van der Waals surface area contributed by atoms with Gasteiger partial charge in [-0.2, -0.15) is 0 Å². The van der Waals surface area contributed by atoms with Crippen molar-refractivity contribution in [3.63, 3.8) is 0 Å². The molecule has 2 nitrogen and oxygen atoms in total. The molecule has 5 heteroatoms. The highest BCUT2D eigenvalue weighted by Crippen LogP contribution is 2.41. The van der Waals surface area contributed by atoms with E-state index in [1.165, 1.54) is 22.5 Å². The molecule has 1 aromatic heterocycles. The first-order valence-corrected chi connectivity index (χ1v) is 7.82. The maximum Gasteiger partial charge on any atom is 0.124 e. The molecule has 0 aliphatic rings. The zero-order valence-corrected chi connectivity index (χ0v) is 14.2. The molecule has 1 heterocycles. The van der Waals surface area contributed by atoms with E-state index in [9.17, 15) is 0 Å². The zero-order valence-electron chi connectivity index (χ0n) is 11.9. The molecule has 1 aromatic carbocycles. The third kappa shape index (κ3) is 2.96. The Labute approximate surface area is 133 Å². The number of ether oxygens (including phenoxy) is 1. The van der Waals surface area contributed by atoms with E-state index >= 15 is 0 Å². The van der Waals surface area contributed by atoms with Crippen LogP contribution in [0.25, 0.3) is 0 Å². The first kappa shape index (κ1) is 15.6. The molecule has 0 aliphatic heterocycles. The summed E-state index contributed by atoms with van der Waals surface area (Å²) in [5, 5.41) is 3.31. The van der Waals surface area contributed by atoms with Crippen molar-refractivity contribution in [3.8, 4) is 5.75 Å². The van der Waals surface area contributed by atoms with Crippen LogP contribution in [-0.4, -0.2) is 14.2 Å². The van der Waals surface area contributed by atoms with Crippen molar-refractivity contribution in [3.05, 3.63) is 49.1 Å². The number of methoxy groups -OCH3 is 1. The number of aryl methyl sites for hydroxylation is 2. The molecule has 0 saturated heterocycles. The van der Waals surface area contributed by atoms with E-state index in [0.717, 1.165) is 16.9 Å². The minimum atomic E-state index is -0.0400. The highest BCUT2D eigenvalue weighted by Gasteiger charge is 2.23. The average molecular weight is 330 g/mol. The van der Waals surface area contributed by atoms with Gasteiger partial charge in [0.1, 0.15) is 5.75 Å². The summed E-state index contributed by atoms with van der Waals surface area (Å²) < 4.78 is 6.94. The van der Waals surface area contributed by atoms with Crippen molar-refractivity contribution < 1.29 is 4.74 Å². The van der Waals surface area contributed by atoms with Crippen LogP contribution in [0.2, 0.25) is 8.67 Å². The van der Waals surface area contributed by atoms with Crippen LogP contribution in [0.1, 0.15) is 28.3 Å². The van der Waals surface area contributed by atoms with Gasteiger partial charge in [-0.25, -0.2) is 0 Å². The highest BCUT2D eigenvalue weighted by atomic mass is 35.5. The van der Waals surface area contributed by atoms with Crippen molar-refractivity contribution in [2.24, 2.45) is 0 Å². The van der Waals surface area contributed by atoms with Crippen molar-refractivity contribution >= 4 is 34.5 Å². The number of rotatable bonds is 4. The molecule has 1 unspecified atom stereocenters. The van der Waals surface area contributed by atoms with E-state index in [1.54, 1.807) is 7.11 Å². The number of hydrogen-bond donors (Lipinski definition) is 1. The lowest BCUT2D eigenvalue weighted by Gasteiger charge is -2.22. The minimum absolute atomic E-state index is 0.0400. The molecule has 2 aromatic rings. The number of halogens is 2. The van der Waals surface area contributed by atoms with Crippen molar-refractivity contribution in [2.45, 2.75) is 19.9 Å². The quantitative estimate of drug-likeness (QED) is 0.853. The molecule has 2 rings (SSSR count). The Hall–Kier alpha value is -0.740. The molecule has 0 radical (unpaired) electrons. The molecular weight excluding hydrogens is 313 g/mol. The van der Waals surface area contributed by atoms with Crippen LogP contribution in [0.15, 0.2) is 18.2 Å². The van der Waals surface area contributed by atoms with Crippen molar-refractivity contribution in [1.29, 1.82) is 0 Å². The molecule has 0 spiro atoms. The second-order valence-corrected chi connectivity index (χ2v) is 6.98. The number of benzene rings is 1. The van der Waals surface area contributed by atoms with Crippen LogP contribution < -0.4 is 10.1 Å². The monoisotopic (exact) mass is 329 g/mol. The molecule has 0 aliphatic carbocycles. The van der Waals surface area contributed by atoms with Gasteiger partial charge in [-0.1, -0.05) is 29.3 Å². The highest BCUT2D eigenvalue weighted by molar-refractivity contribution is 7.20. The maximum atomic E-state index is 6.30. The Morgan fingerprint density at radius 1 is 1.20 bits per heavy atom. The zero-order chi connectivity index (χ0) is 14.9. The third-order valence-electron chi connectivity index (χ3n) is 3.28. The van der Waals surface area contributed by atoms with Gasteiger partial charge in [-0.05, 0) is 44.2 Å². The van der Waals surface area contributed by atoms with Gasteiger partial charge in [0.15, 0.2) is 0 Å². The van der Waals surface area contributed by atoms with Crippen LogP contribution in [-0.2, 0) is 0 Å². The van der Waals surface area contributed by atoms with Crippen molar-refractivity contribution in [1.82, 2.24) is 5.32 Å². The van der Waals surface area contributed by atoms with E-state index < -0.39 is 0 Å². The first-order valence-electron chi connectivity index (χ1n) is 6.25. The second kappa shape index (κ2) is 6.35. The summed E-state index contributed by atoms with van der Waals surface area (Å²) in [6.07, 6.45) is 0. The average Bonchev–Trinajstić information content (AvgIpc) is 2.71. The predicted molar refractivity (Wildman–Crippen MR) is 87.7 cm³/mol. The summed E-state index contributed by atoms with van der Waals surface area (Å²) in [5.74, 6) is 0.861. The summed E-state index contributed by atoms with van der Waals surface area (Å²) in [7, 11) is 3.60. The van der Waals surface area contributed by atoms with Gasteiger partial charge in [-0.15, -0.1) is 11.3 Å². The molecule has 108 valence electrons. The molecule has 0 saturated carbocycles. The van der Waals surface area contributed by atoms with Gasteiger partial charge in [0.25, 0.3) is 0 Å². The Bertz CT molecular complexity index is 625. The topological polar surface area (TPSA) is 21.3 Å². The van der Waals surface area contributed by atoms with Crippen LogP contribution in [0.5, 0.6) is 5.75 Å². The van der Waals surface area contributed by atoms with E-state index in [2.05, 4.69) is 25.2 Å². The van der Waals surface area contributed by atoms with Crippen LogP contribution in [0, 0.1) is 13.8 Å². The minimum Gasteiger partial charge on any atom is -0.496 e. The third-order valence-corrected chi connectivity index (χ3v) is 4.80. The van der Waals surface area contributed by atoms with Crippen molar-refractivity contribution in [2.75, 3.05) is 14.2 Å². The molecule has 20 heavy (non-hydrogen) atoms. The summed E-state index contributed by atoms with van der Waals surface area (Å²) in [6, 6.07) is 6.05. The summed E-state index contributed by atoms with van der Waals surface area (Å²) in [5.41, 5.74) is 4.42. The van der Waals surface area contributed by atoms with Gasteiger partial charge in [0, 0.05) is 11.1 Å². The van der Waals surface area contributed by atoms with Gasteiger partial charge in [0.2, 0.25) is 0 Å². The lowest BCUT2D eigenvalue weighted by atomic mass is 9.94. The summed E-state index contributed by atoms with van der Waals surface area (Å²) in [6.45, 7) is 4.14. The van der Waals surface area contributed by atoms with Gasteiger partial charge < -0.3 is 10.1 Å². The van der Waals surface area contributed by atoms with Gasteiger partial charge in [-0.3, -0.25) is 0 Å². The fourth-order valence-corrected chi connectivity index (χ4v) is 4.02. The summed E-state index contributed by atoms with van der Waals surface area (Å²) >= 11 is 13.7. The van der Waals surface area contributed by atoms with Gasteiger partial charge in [0.05, 0.1) is 21.8 Å². The number of nitrogens with one attached hydrogen (secondary N) is 1. The fraction of sp³-hybridized carbons (Fsp3) is 0.333. The smallest absolute Gasteiger partial charge is 0.124 e. The number of hydrogen-bond acceptors (Lipinski definition) is 3. The Kier molecular flexibility index (Phi) is 4.97. The van der Waals surface area contributed by atoms with E-state index in [-0.39, 0.29) is 6.04 Å². The molecule has 0 fully saturated rings. The predicted octanol–water partition coefficient (Wildman–Crippen LogP) is 4.99. The molecule has 0 amide bonds. The lowest BCUT2D eigenvalue weighted by molar-refractivity contribution is 0.404. The van der Waals surface area contributed by atoms with E-state index in [1.807, 2.05) is 19.2 Å². The molecule has 1 N–H and O–H groups in total. The van der Waals surface area contributed by atoms with E-state index in [4.69, 9.17) is 27.9 Å². The largest absolute Gasteiger partial charge is 0.496 e. The molecule has 0 bridgehead atoms.